The number of carbonyl (C=O) groups is 1. The van der Waals surface area contributed by atoms with E-state index in [4.69, 9.17) is 4.74 Å². The van der Waals surface area contributed by atoms with Gasteiger partial charge in [0.15, 0.2) is 0 Å². The molecule has 4 aromatic carbocycles. The molecule has 4 rings (SSSR count). The smallest absolute Gasteiger partial charge is 0.222 e. The highest BCUT2D eigenvalue weighted by Crippen LogP contribution is 2.57. The van der Waals surface area contributed by atoms with E-state index >= 15 is 0 Å². The van der Waals surface area contributed by atoms with Crippen molar-refractivity contribution in [3.63, 3.8) is 0 Å². The van der Waals surface area contributed by atoms with Gasteiger partial charge in [0, 0.05) is 5.56 Å². The number of hydrogen-bond acceptors (Lipinski definition) is 3. The molecule has 0 radical (unpaired) electrons. The number of thioether (sulfide) groups is 1. The van der Waals surface area contributed by atoms with Crippen molar-refractivity contribution >= 4 is 40.1 Å². The standard InChI is InChI=1S/C27H24O2PS.BrH/c1-29-23-19-17-22(18-20-23)27(28)31-21-30(24-11-5-2-6-12-24,25-13-7-3-8-14-25)26-15-9-4-10-16-26;/h2-20H,21H2,1H3;1H/q+1;/p-1. The Morgan fingerprint density at radius 3 is 1.47 bits per heavy atom. The lowest BCUT2D eigenvalue weighted by Crippen LogP contribution is -3.00. The molecule has 0 aliphatic carbocycles. The van der Waals surface area contributed by atoms with E-state index < -0.39 is 7.26 Å². The van der Waals surface area contributed by atoms with Crippen LogP contribution in [0.4, 0.5) is 0 Å². The van der Waals surface area contributed by atoms with E-state index in [1.54, 1.807) is 7.11 Å². The monoisotopic (exact) mass is 522 g/mol. The maximum absolute atomic E-state index is 13.1. The first-order valence-corrected chi connectivity index (χ1v) is 13.1. The molecule has 0 amide bonds. The SMILES string of the molecule is COc1ccc(C(=O)SC[P+](c2ccccc2)(c2ccccc2)c2ccccc2)cc1.[Br-]. The highest BCUT2D eigenvalue weighted by molar-refractivity contribution is 8.22. The predicted octanol–water partition coefficient (Wildman–Crippen LogP) is 2.52. The van der Waals surface area contributed by atoms with Gasteiger partial charge >= 0.3 is 0 Å². The van der Waals surface area contributed by atoms with Crippen LogP contribution in [0.25, 0.3) is 0 Å². The molecule has 0 N–H and O–H groups in total. The third-order valence-electron chi connectivity index (χ3n) is 5.31. The minimum Gasteiger partial charge on any atom is -1.00 e. The van der Waals surface area contributed by atoms with E-state index in [9.17, 15) is 4.79 Å². The maximum Gasteiger partial charge on any atom is 0.222 e. The Bertz CT molecular complexity index is 1020. The van der Waals surface area contributed by atoms with E-state index in [-0.39, 0.29) is 22.1 Å². The van der Waals surface area contributed by atoms with Gasteiger partial charge in [-0.25, -0.2) is 0 Å². The zero-order chi connectivity index (χ0) is 21.5. The zero-order valence-corrected chi connectivity index (χ0v) is 21.0. The molecule has 0 aliphatic rings. The second-order valence-electron chi connectivity index (χ2n) is 7.11. The second kappa shape index (κ2) is 11.5. The van der Waals surface area contributed by atoms with Gasteiger partial charge in [-0.1, -0.05) is 54.6 Å². The first-order valence-electron chi connectivity index (χ1n) is 10.1. The van der Waals surface area contributed by atoms with Gasteiger partial charge in [0.2, 0.25) is 5.12 Å². The van der Waals surface area contributed by atoms with Crippen LogP contribution >= 0.6 is 19.0 Å². The summed E-state index contributed by atoms with van der Waals surface area (Å²) in [4.78, 5) is 13.1. The van der Waals surface area contributed by atoms with Crippen molar-refractivity contribution in [1.29, 1.82) is 0 Å². The van der Waals surface area contributed by atoms with Crippen LogP contribution in [0.15, 0.2) is 115 Å². The van der Waals surface area contributed by atoms with Gasteiger partial charge in [0.05, 0.1) is 7.11 Å². The van der Waals surface area contributed by atoms with Crippen LogP contribution in [0.3, 0.4) is 0 Å². The zero-order valence-electron chi connectivity index (χ0n) is 17.7. The molecule has 0 saturated carbocycles. The van der Waals surface area contributed by atoms with Crippen molar-refractivity contribution in [3.05, 3.63) is 121 Å². The normalized spacial score (nSPS) is 10.8. The molecular formula is C27H24BrO2PS. The Morgan fingerprint density at radius 1 is 0.688 bits per heavy atom. The number of hydrogen-bond donors (Lipinski definition) is 0. The van der Waals surface area contributed by atoms with E-state index in [1.165, 1.54) is 27.7 Å². The van der Waals surface area contributed by atoms with Crippen LogP contribution in [0.5, 0.6) is 5.75 Å². The Kier molecular flexibility index (Phi) is 8.69. The molecule has 0 aromatic heterocycles. The average Bonchev–Trinajstić information content (AvgIpc) is 2.86. The van der Waals surface area contributed by atoms with Gasteiger partial charge in [-0.2, -0.15) is 0 Å². The quantitative estimate of drug-likeness (QED) is 0.349. The fourth-order valence-corrected chi connectivity index (χ4v) is 9.96. The first kappa shape index (κ1) is 24.3. The lowest BCUT2D eigenvalue weighted by molar-refractivity contribution is -0.0000130. The van der Waals surface area contributed by atoms with E-state index in [0.717, 1.165) is 5.75 Å². The van der Waals surface area contributed by atoms with Crippen molar-refractivity contribution in [1.82, 2.24) is 0 Å². The van der Waals surface area contributed by atoms with Crippen LogP contribution in [-0.4, -0.2) is 17.7 Å². The summed E-state index contributed by atoms with van der Waals surface area (Å²) in [5.41, 5.74) is 1.40. The molecule has 0 bridgehead atoms. The Hall–Kier alpha value is -2.39. The molecule has 0 fully saturated rings. The van der Waals surface area contributed by atoms with Crippen molar-refractivity contribution in [2.75, 3.05) is 12.6 Å². The van der Waals surface area contributed by atoms with Crippen molar-refractivity contribution < 1.29 is 26.5 Å². The Morgan fingerprint density at radius 2 is 1.09 bits per heavy atom. The highest BCUT2D eigenvalue weighted by atomic mass is 79.9. The van der Waals surface area contributed by atoms with Crippen LogP contribution in [-0.2, 0) is 0 Å². The average molecular weight is 523 g/mol. The summed E-state index contributed by atoms with van der Waals surface area (Å²) < 4.78 is 5.22. The highest BCUT2D eigenvalue weighted by Gasteiger charge is 2.45. The first-order chi connectivity index (χ1) is 15.2. The number of carbonyl (C=O) groups excluding carboxylic acids is 1. The molecule has 162 valence electrons. The van der Waals surface area contributed by atoms with Crippen molar-refractivity contribution in [2.45, 2.75) is 0 Å². The topological polar surface area (TPSA) is 26.3 Å². The molecule has 5 heteroatoms. The summed E-state index contributed by atoms with van der Waals surface area (Å²) >= 11 is 1.40. The van der Waals surface area contributed by atoms with Crippen LogP contribution < -0.4 is 37.6 Å². The van der Waals surface area contributed by atoms with Gasteiger partial charge in [-0.3, -0.25) is 4.79 Å². The van der Waals surface area contributed by atoms with Crippen LogP contribution in [0.1, 0.15) is 10.4 Å². The summed E-state index contributed by atoms with van der Waals surface area (Å²) in [5, 5.41) is 3.92. The predicted molar refractivity (Wildman–Crippen MR) is 135 cm³/mol. The van der Waals surface area contributed by atoms with Gasteiger partial charge < -0.3 is 21.7 Å². The number of methoxy groups -OCH3 is 1. The van der Waals surface area contributed by atoms with Gasteiger partial charge in [0.1, 0.15) is 34.4 Å². The minimum absolute atomic E-state index is 0. The van der Waals surface area contributed by atoms with E-state index in [1.807, 2.05) is 42.5 Å². The van der Waals surface area contributed by atoms with Gasteiger partial charge in [-0.05, 0) is 72.4 Å². The molecule has 32 heavy (non-hydrogen) atoms. The lowest BCUT2D eigenvalue weighted by Gasteiger charge is -2.27. The van der Waals surface area contributed by atoms with Crippen molar-refractivity contribution in [3.8, 4) is 5.75 Å². The molecule has 0 saturated heterocycles. The molecule has 0 unspecified atom stereocenters. The number of benzene rings is 4. The summed E-state index contributed by atoms with van der Waals surface area (Å²) in [6.45, 7) is 0. The largest absolute Gasteiger partial charge is 1.00 e. The van der Waals surface area contributed by atoms with Gasteiger partial charge in [-0.15, -0.1) is 0 Å². The molecule has 0 spiro atoms. The number of ether oxygens (including phenoxy) is 1. The van der Waals surface area contributed by atoms with E-state index in [2.05, 4.69) is 72.8 Å². The third kappa shape index (κ3) is 5.15. The molecular weight excluding hydrogens is 499 g/mol. The Labute approximate surface area is 205 Å². The van der Waals surface area contributed by atoms with Crippen molar-refractivity contribution in [2.24, 2.45) is 0 Å². The third-order valence-corrected chi connectivity index (χ3v) is 11.4. The Balaban J connectivity index is 0.00000289. The summed E-state index contributed by atoms with van der Waals surface area (Å²) in [5.74, 6) is 0.751. The molecule has 2 nitrogen and oxygen atoms in total. The molecule has 4 aromatic rings. The van der Waals surface area contributed by atoms with E-state index in [0.29, 0.717) is 11.1 Å². The summed E-state index contributed by atoms with van der Waals surface area (Å²) in [6, 6.07) is 39.2. The second-order valence-corrected chi connectivity index (χ2v) is 12.0. The summed E-state index contributed by atoms with van der Waals surface area (Å²) in [6.07, 6.45) is 0. The minimum atomic E-state index is -2.03. The fourth-order valence-electron chi connectivity index (χ4n) is 3.68. The molecule has 0 atom stereocenters. The number of halogens is 1. The molecule has 0 aliphatic heterocycles. The van der Waals surface area contributed by atoms with Crippen LogP contribution in [0, 0.1) is 0 Å². The lowest BCUT2D eigenvalue weighted by atomic mass is 10.2. The molecule has 0 heterocycles. The fraction of sp³-hybridized carbons (Fsp3) is 0.0741. The number of rotatable bonds is 7. The summed E-state index contributed by atoms with van der Waals surface area (Å²) in [7, 11) is -0.396. The van der Waals surface area contributed by atoms with Gasteiger partial charge in [0.25, 0.3) is 0 Å². The van der Waals surface area contributed by atoms with Crippen LogP contribution in [0.2, 0.25) is 0 Å². The maximum atomic E-state index is 13.1.